The third kappa shape index (κ3) is 3.18. The second-order valence-corrected chi connectivity index (χ2v) is 12.4. The fraction of sp³-hybridized carbons (Fsp3) is 0.643. The molecular weight excluding hydrogens is 354 g/mol. The van der Waals surface area contributed by atoms with E-state index in [2.05, 4.69) is 42.8 Å². The number of amides is 1. The summed E-state index contributed by atoms with van der Waals surface area (Å²) in [4.78, 5) is 15.0. The van der Waals surface area contributed by atoms with E-state index in [4.69, 9.17) is 4.43 Å². The van der Waals surface area contributed by atoms with E-state index in [0.29, 0.717) is 13.2 Å². The Bertz CT molecular complexity index is 479. The number of halogens is 1. The molecule has 0 saturated heterocycles. The largest absolute Gasteiger partial charge is 0.415 e. The summed E-state index contributed by atoms with van der Waals surface area (Å²) in [6.07, 6.45) is 0. The molecule has 0 radical (unpaired) electrons. The van der Waals surface area contributed by atoms with Crippen molar-refractivity contribution in [3.8, 4) is 0 Å². The van der Waals surface area contributed by atoms with E-state index in [9.17, 15) is 4.79 Å². The topological polar surface area (TPSA) is 29.5 Å². The zero-order valence-electron chi connectivity index (χ0n) is 12.4. The number of rotatable bonds is 7. The van der Waals surface area contributed by atoms with E-state index in [1.54, 1.807) is 0 Å². The Morgan fingerprint density at radius 2 is 2.00 bits per heavy atom. The molecular formula is C14H22BrNO2SSi. The zero-order chi connectivity index (χ0) is 14.8. The normalized spacial score (nSPS) is 15.0. The summed E-state index contributed by atoms with van der Waals surface area (Å²) in [6, 6.07) is 5.54. The van der Waals surface area contributed by atoms with Crippen LogP contribution >= 0.6 is 27.3 Å². The van der Waals surface area contributed by atoms with Gasteiger partial charge in [-0.3, -0.25) is 4.79 Å². The van der Waals surface area contributed by atoms with Gasteiger partial charge in [-0.15, -0.1) is 11.3 Å². The SMILES string of the molecule is CC[Si](CC)(CC)OCCN1Cc2cc(Br)sc2C1=O. The first-order valence-electron chi connectivity index (χ1n) is 7.26. The minimum Gasteiger partial charge on any atom is -0.415 e. The minimum absolute atomic E-state index is 0.163. The number of carbonyl (C=O) groups is 1. The van der Waals surface area contributed by atoms with Crippen molar-refractivity contribution in [1.29, 1.82) is 0 Å². The molecule has 3 nitrogen and oxygen atoms in total. The second kappa shape index (κ2) is 6.73. The minimum atomic E-state index is -1.53. The van der Waals surface area contributed by atoms with E-state index >= 15 is 0 Å². The lowest BCUT2D eigenvalue weighted by atomic mass is 10.3. The van der Waals surface area contributed by atoms with Crippen LogP contribution in [-0.4, -0.2) is 32.3 Å². The monoisotopic (exact) mass is 375 g/mol. The van der Waals surface area contributed by atoms with Crippen LogP contribution in [0, 0.1) is 0 Å². The predicted octanol–water partition coefficient (Wildman–Crippen LogP) is 4.49. The highest BCUT2D eigenvalue weighted by atomic mass is 79.9. The van der Waals surface area contributed by atoms with Crippen LogP contribution in [0.5, 0.6) is 0 Å². The summed E-state index contributed by atoms with van der Waals surface area (Å²) >= 11 is 4.98. The maximum atomic E-state index is 12.2. The van der Waals surface area contributed by atoms with Crippen LogP contribution in [0.15, 0.2) is 9.85 Å². The highest BCUT2D eigenvalue weighted by Gasteiger charge is 2.32. The van der Waals surface area contributed by atoms with Gasteiger partial charge in [-0.1, -0.05) is 20.8 Å². The highest BCUT2D eigenvalue weighted by molar-refractivity contribution is 9.11. The fourth-order valence-electron chi connectivity index (χ4n) is 2.72. The van der Waals surface area contributed by atoms with Crippen LogP contribution in [0.3, 0.4) is 0 Å². The van der Waals surface area contributed by atoms with Gasteiger partial charge in [-0.05, 0) is 45.7 Å². The van der Waals surface area contributed by atoms with Gasteiger partial charge in [0.15, 0.2) is 8.32 Å². The van der Waals surface area contributed by atoms with Crippen molar-refractivity contribution < 1.29 is 9.22 Å². The van der Waals surface area contributed by atoms with Gasteiger partial charge in [0.05, 0.1) is 15.3 Å². The lowest BCUT2D eigenvalue weighted by Crippen LogP contribution is -2.39. The summed E-state index contributed by atoms with van der Waals surface area (Å²) in [6.45, 7) is 8.83. The van der Waals surface area contributed by atoms with E-state index in [1.165, 1.54) is 11.3 Å². The number of hydrogen-bond donors (Lipinski definition) is 0. The summed E-state index contributed by atoms with van der Waals surface area (Å²) in [7, 11) is -1.53. The van der Waals surface area contributed by atoms with Gasteiger partial charge in [-0.2, -0.15) is 0 Å². The van der Waals surface area contributed by atoms with Crippen LogP contribution in [-0.2, 0) is 11.0 Å². The lowest BCUT2D eigenvalue weighted by Gasteiger charge is -2.29. The molecule has 0 fully saturated rings. The van der Waals surface area contributed by atoms with Gasteiger partial charge < -0.3 is 9.33 Å². The number of carbonyl (C=O) groups excluding carboxylic acids is 1. The maximum Gasteiger partial charge on any atom is 0.264 e. The molecule has 1 aromatic rings. The van der Waals surface area contributed by atoms with Gasteiger partial charge in [-0.25, -0.2) is 0 Å². The third-order valence-corrected chi connectivity index (χ3v) is 10.7. The molecule has 0 N–H and O–H groups in total. The smallest absolute Gasteiger partial charge is 0.264 e. The molecule has 0 atom stereocenters. The Labute approximate surface area is 134 Å². The molecule has 2 rings (SSSR count). The molecule has 20 heavy (non-hydrogen) atoms. The number of thiophene rings is 1. The van der Waals surface area contributed by atoms with Crippen molar-refractivity contribution in [2.75, 3.05) is 13.2 Å². The quantitative estimate of drug-likeness (QED) is 0.657. The molecule has 1 aliphatic heterocycles. The molecule has 0 unspecified atom stereocenters. The van der Waals surface area contributed by atoms with Crippen LogP contribution < -0.4 is 0 Å². The Kier molecular flexibility index (Phi) is 5.45. The Balaban J connectivity index is 1.88. The Hall–Kier alpha value is -0.173. The first-order chi connectivity index (χ1) is 9.55. The molecule has 2 heterocycles. The molecule has 112 valence electrons. The Morgan fingerprint density at radius 3 is 2.55 bits per heavy atom. The van der Waals surface area contributed by atoms with Crippen molar-refractivity contribution in [2.24, 2.45) is 0 Å². The fourth-order valence-corrected chi connectivity index (χ4v) is 6.99. The molecule has 0 saturated carbocycles. The van der Waals surface area contributed by atoms with Crippen molar-refractivity contribution in [3.05, 3.63) is 20.3 Å². The third-order valence-electron chi connectivity index (χ3n) is 4.32. The van der Waals surface area contributed by atoms with E-state index in [0.717, 1.165) is 38.9 Å². The summed E-state index contributed by atoms with van der Waals surface area (Å²) in [5, 5.41) is 0. The van der Waals surface area contributed by atoms with Crippen LogP contribution in [0.25, 0.3) is 0 Å². The summed E-state index contributed by atoms with van der Waals surface area (Å²) in [5.74, 6) is 0.163. The number of hydrogen-bond acceptors (Lipinski definition) is 3. The van der Waals surface area contributed by atoms with Gasteiger partial charge in [0.1, 0.15) is 0 Å². The van der Waals surface area contributed by atoms with Crippen molar-refractivity contribution in [1.82, 2.24) is 4.90 Å². The van der Waals surface area contributed by atoms with Crippen molar-refractivity contribution in [2.45, 2.75) is 45.4 Å². The van der Waals surface area contributed by atoms with Gasteiger partial charge in [0.25, 0.3) is 5.91 Å². The van der Waals surface area contributed by atoms with E-state index in [-0.39, 0.29) is 5.91 Å². The molecule has 0 bridgehead atoms. The first-order valence-corrected chi connectivity index (χ1v) is 11.4. The van der Waals surface area contributed by atoms with Crippen LogP contribution in [0.1, 0.15) is 36.0 Å². The molecule has 0 aliphatic carbocycles. The van der Waals surface area contributed by atoms with Crippen LogP contribution in [0.2, 0.25) is 18.1 Å². The standard InChI is InChI=1S/C14H22BrNO2SSi/c1-4-20(5-2,6-3)18-8-7-16-10-11-9-12(15)19-13(11)14(16)17/h9H,4-8,10H2,1-3H3. The second-order valence-electron chi connectivity index (χ2n) is 5.22. The highest BCUT2D eigenvalue weighted by Crippen LogP contribution is 2.33. The van der Waals surface area contributed by atoms with Crippen molar-refractivity contribution in [3.63, 3.8) is 0 Å². The zero-order valence-corrected chi connectivity index (χ0v) is 15.8. The van der Waals surface area contributed by atoms with Gasteiger partial charge in [0, 0.05) is 13.1 Å². The molecule has 1 aliphatic rings. The summed E-state index contributed by atoms with van der Waals surface area (Å²) in [5.41, 5.74) is 1.15. The molecule has 1 aromatic heterocycles. The molecule has 1 amide bonds. The van der Waals surface area contributed by atoms with E-state index in [1.807, 2.05) is 4.90 Å². The average molecular weight is 376 g/mol. The Morgan fingerprint density at radius 1 is 1.35 bits per heavy atom. The molecule has 0 spiro atoms. The number of nitrogens with zero attached hydrogens (tertiary/aromatic N) is 1. The van der Waals surface area contributed by atoms with Crippen LogP contribution in [0.4, 0.5) is 0 Å². The number of fused-ring (bicyclic) bond motifs is 1. The summed E-state index contributed by atoms with van der Waals surface area (Å²) < 4.78 is 7.27. The van der Waals surface area contributed by atoms with Gasteiger partial charge in [0.2, 0.25) is 0 Å². The predicted molar refractivity (Wildman–Crippen MR) is 89.9 cm³/mol. The first kappa shape index (κ1) is 16.2. The average Bonchev–Trinajstić information content (AvgIpc) is 2.94. The maximum absolute atomic E-state index is 12.2. The van der Waals surface area contributed by atoms with Crippen molar-refractivity contribution >= 4 is 41.5 Å². The van der Waals surface area contributed by atoms with E-state index < -0.39 is 8.32 Å². The lowest BCUT2D eigenvalue weighted by molar-refractivity contribution is 0.0753. The molecule has 0 aromatic carbocycles. The molecule has 6 heteroatoms. The van der Waals surface area contributed by atoms with Gasteiger partial charge >= 0.3 is 0 Å².